The van der Waals surface area contributed by atoms with Crippen LogP contribution in [-0.2, 0) is 16.6 Å². The number of likely N-dealkylation sites (tertiary alicyclic amines) is 1. The minimum absolute atomic E-state index is 0.0559. The van der Waals surface area contributed by atoms with Gasteiger partial charge in [-0.3, -0.25) is 14.3 Å². The largest absolute Gasteiger partial charge is 0.378 e. The van der Waals surface area contributed by atoms with Crippen molar-refractivity contribution in [3.63, 3.8) is 0 Å². The zero-order valence-electron chi connectivity index (χ0n) is 14.4. The minimum atomic E-state index is -1.40. The molecule has 1 saturated carbocycles. The second-order valence-corrected chi connectivity index (χ2v) is 7.34. The van der Waals surface area contributed by atoms with Crippen LogP contribution < -0.4 is 5.32 Å². The molecule has 136 valence electrons. The summed E-state index contributed by atoms with van der Waals surface area (Å²) in [6, 6.07) is 1.78. The molecule has 2 aliphatic heterocycles. The quantitative estimate of drug-likeness (QED) is 0.767. The zero-order chi connectivity index (χ0) is 17.6. The molecule has 0 spiro atoms. The van der Waals surface area contributed by atoms with E-state index in [0.717, 1.165) is 25.0 Å². The first kappa shape index (κ1) is 16.5. The van der Waals surface area contributed by atoms with Gasteiger partial charge >= 0.3 is 0 Å². The van der Waals surface area contributed by atoms with Gasteiger partial charge in [0.05, 0.1) is 24.9 Å². The Morgan fingerprint density at radius 2 is 2.24 bits per heavy atom. The number of ether oxygens (including phenoxy) is 1. The van der Waals surface area contributed by atoms with Gasteiger partial charge in [0.15, 0.2) is 5.60 Å². The molecular weight excluding hydrogens is 324 g/mol. The van der Waals surface area contributed by atoms with Crippen molar-refractivity contribution in [2.24, 2.45) is 7.05 Å². The Morgan fingerprint density at radius 1 is 1.44 bits per heavy atom. The van der Waals surface area contributed by atoms with Crippen LogP contribution in [0.15, 0.2) is 6.07 Å². The van der Waals surface area contributed by atoms with Crippen LogP contribution in [0.1, 0.15) is 47.8 Å². The van der Waals surface area contributed by atoms with E-state index in [1.54, 1.807) is 16.6 Å². The summed E-state index contributed by atoms with van der Waals surface area (Å²) in [5.41, 5.74) is 0.127. The number of carbonyl (C=O) groups excluding carboxylic acids is 2. The highest BCUT2D eigenvalue weighted by Gasteiger charge is 2.47. The highest BCUT2D eigenvalue weighted by molar-refractivity contribution is 5.93. The van der Waals surface area contributed by atoms with Gasteiger partial charge in [-0.2, -0.15) is 5.10 Å². The van der Waals surface area contributed by atoms with E-state index in [0.29, 0.717) is 37.7 Å². The molecule has 1 aliphatic carbocycles. The smallest absolute Gasteiger partial charge is 0.269 e. The van der Waals surface area contributed by atoms with E-state index < -0.39 is 5.60 Å². The normalized spacial score (nSPS) is 28.7. The maximum Gasteiger partial charge on any atom is 0.269 e. The number of rotatable bonds is 5. The van der Waals surface area contributed by atoms with Gasteiger partial charge in [0.1, 0.15) is 5.69 Å². The van der Waals surface area contributed by atoms with Crippen molar-refractivity contribution in [3.8, 4) is 0 Å². The molecule has 0 radical (unpaired) electrons. The number of carbonyl (C=O) groups is 2. The van der Waals surface area contributed by atoms with Crippen molar-refractivity contribution >= 4 is 11.8 Å². The molecule has 2 atom stereocenters. The van der Waals surface area contributed by atoms with Gasteiger partial charge in [0.25, 0.3) is 11.8 Å². The van der Waals surface area contributed by atoms with Gasteiger partial charge in [-0.1, -0.05) is 0 Å². The maximum atomic E-state index is 12.5. The molecule has 1 aromatic heterocycles. The van der Waals surface area contributed by atoms with E-state index >= 15 is 0 Å². The summed E-state index contributed by atoms with van der Waals surface area (Å²) < 4.78 is 6.77. The van der Waals surface area contributed by atoms with E-state index in [2.05, 4.69) is 10.4 Å². The third kappa shape index (κ3) is 3.04. The molecule has 0 bridgehead atoms. The van der Waals surface area contributed by atoms with Gasteiger partial charge in [0, 0.05) is 32.5 Å². The molecule has 3 aliphatic rings. The van der Waals surface area contributed by atoms with Crippen molar-refractivity contribution < 1.29 is 19.4 Å². The third-order valence-corrected chi connectivity index (χ3v) is 5.43. The van der Waals surface area contributed by atoms with E-state index in [-0.39, 0.29) is 24.5 Å². The fourth-order valence-electron chi connectivity index (χ4n) is 3.49. The lowest BCUT2D eigenvalue weighted by Gasteiger charge is -2.43. The lowest BCUT2D eigenvalue weighted by molar-refractivity contribution is -0.159. The molecule has 8 heteroatoms. The molecule has 8 nitrogen and oxygen atoms in total. The van der Waals surface area contributed by atoms with Gasteiger partial charge in [-0.25, -0.2) is 0 Å². The van der Waals surface area contributed by atoms with E-state index in [1.807, 2.05) is 6.07 Å². The number of hydrogen-bond donors (Lipinski definition) is 2. The number of amides is 2. The first-order chi connectivity index (χ1) is 12.0. The number of aromatic nitrogens is 2. The van der Waals surface area contributed by atoms with Crippen molar-refractivity contribution in [1.29, 1.82) is 0 Å². The fourth-order valence-corrected chi connectivity index (χ4v) is 3.49. The number of nitrogens with zero attached hydrogens (tertiary/aromatic N) is 3. The predicted molar refractivity (Wildman–Crippen MR) is 88.0 cm³/mol. The maximum absolute atomic E-state index is 12.5. The molecule has 2 amide bonds. The SMILES string of the molecule is Cn1nc(C2CC2)cc1C(=O)NCC1CCN1C(=O)C1(O)CCOC1. The zero-order valence-corrected chi connectivity index (χ0v) is 14.4. The standard InChI is InChI=1S/C17H24N4O4/c1-20-14(8-13(19-20)11-2-3-11)15(22)18-9-12-4-6-21(12)16(23)17(24)5-7-25-10-17/h8,11-12,24H,2-7,9-10H2,1H3,(H,18,22). The lowest BCUT2D eigenvalue weighted by Crippen LogP contribution is -2.62. The minimum Gasteiger partial charge on any atom is -0.378 e. The molecule has 25 heavy (non-hydrogen) atoms. The van der Waals surface area contributed by atoms with Crippen molar-refractivity contribution in [2.75, 3.05) is 26.3 Å². The molecule has 2 unspecified atom stereocenters. The predicted octanol–water partition coefficient (Wildman–Crippen LogP) is -0.220. The van der Waals surface area contributed by atoms with Gasteiger partial charge in [0.2, 0.25) is 0 Å². The van der Waals surface area contributed by atoms with Crippen LogP contribution in [0.5, 0.6) is 0 Å². The third-order valence-electron chi connectivity index (χ3n) is 5.43. The van der Waals surface area contributed by atoms with Crippen LogP contribution >= 0.6 is 0 Å². The Bertz CT molecular complexity index is 691. The molecule has 2 saturated heterocycles. The summed E-state index contributed by atoms with van der Waals surface area (Å²) in [7, 11) is 1.77. The summed E-state index contributed by atoms with van der Waals surface area (Å²) in [5.74, 6) is 0.0398. The molecule has 0 aromatic carbocycles. The number of hydrogen-bond acceptors (Lipinski definition) is 5. The number of aryl methyl sites for hydroxylation is 1. The average Bonchev–Trinajstić information content (AvgIpc) is 3.19. The topological polar surface area (TPSA) is 96.7 Å². The second-order valence-electron chi connectivity index (χ2n) is 7.34. The highest BCUT2D eigenvalue weighted by atomic mass is 16.5. The summed E-state index contributed by atoms with van der Waals surface area (Å²) in [6.45, 7) is 1.45. The van der Waals surface area contributed by atoms with E-state index in [9.17, 15) is 14.7 Å². The number of nitrogens with one attached hydrogen (secondary N) is 1. The molecule has 4 rings (SSSR count). The Hall–Kier alpha value is -1.93. The second kappa shape index (κ2) is 6.10. The first-order valence-corrected chi connectivity index (χ1v) is 8.91. The van der Waals surface area contributed by atoms with Crippen LogP contribution in [0.3, 0.4) is 0 Å². The Kier molecular flexibility index (Phi) is 4.04. The molecule has 1 aromatic rings. The summed E-state index contributed by atoms with van der Waals surface area (Å²) in [5, 5.41) is 17.6. The van der Waals surface area contributed by atoms with Crippen LogP contribution in [-0.4, -0.2) is 69.5 Å². The molecular formula is C17H24N4O4. The molecule has 3 fully saturated rings. The Labute approximate surface area is 146 Å². The highest BCUT2D eigenvalue weighted by Crippen LogP contribution is 2.39. The monoisotopic (exact) mass is 348 g/mol. The van der Waals surface area contributed by atoms with Gasteiger partial charge < -0.3 is 20.1 Å². The van der Waals surface area contributed by atoms with Gasteiger partial charge in [-0.15, -0.1) is 0 Å². The summed E-state index contributed by atoms with van der Waals surface area (Å²) >= 11 is 0. The Morgan fingerprint density at radius 3 is 2.84 bits per heavy atom. The lowest BCUT2D eigenvalue weighted by atomic mass is 9.95. The average molecular weight is 348 g/mol. The van der Waals surface area contributed by atoms with E-state index in [4.69, 9.17) is 4.74 Å². The van der Waals surface area contributed by atoms with Crippen LogP contribution in [0, 0.1) is 0 Å². The molecule has 3 heterocycles. The molecule has 2 N–H and O–H groups in total. The summed E-state index contributed by atoms with van der Waals surface area (Å²) in [6.07, 6.45) is 3.44. The van der Waals surface area contributed by atoms with Crippen LogP contribution in [0.2, 0.25) is 0 Å². The van der Waals surface area contributed by atoms with Crippen molar-refractivity contribution in [3.05, 3.63) is 17.5 Å². The first-order valence-electron chi connectivity index (χ1n) is 8.91. The van der Waals surface area contributed by atoms with Crippen molar-refractivity contribution in [2.45, 2.75) is 43.2 Å². The van der Waals surface area contributed by atoms with Crippen LogP contribution in [0.25, 0.3) is 0 Å². The van der Waals surface area contributed by atoms with Crippen molar-refractivity contribution in [1.82, 2.24) is 20.0 Å². The Balaban J connectivity index is 1.33. The van der Waals surface area contributed by atoms with Gasteiger partial charge in [-0.05, 0) is 25.3 Å². The summed E-state index contributed by atoms with van der Waals surface area (Å²) in [4.78, 5) is 26.5. The number of aliphatic hydroxyl groups is 1. The van der Waals surface area contributed by atoms with Crippen LogP contribution in [0.4, 0.5) is 0 Å². The van der Waals surface area contributed by atoms with E-state index in [1.165, 1.54) is 0 Å². The fraction of sp³-hybridized carbons (Fsp3) is 0.706.